The third-order valence-corrected chi connectivity index (χ3v) is 1.02. The van der Waals surface area contributed by atoms with Gasteiger partial charge in [0, 0.05) is 5.41 Å². The lowest BCUT2D eigenvalue weighted by Gasteiger charge is -2.12. The molecule has 0 atom stereocenters. The van der Waals surface area contributed by atoms with E-state index in [1.165, 1.54) is 0 Å². The predicted octanol–water partition coefficient (Wildman–Crippen LogP) is 0.804. The van der Waals surface area contributed by atoms with Gasteiger partial charge in [0.2, 0.25) is 5.78 Å². The second kappa shape index (κ2) is 2.66. The van der Waals surface area contributed by atoms with Crippen LogP contribution in [0.4, 0.5) is 0 Å². The predicted molar refractivity (Wildman–Crippen MR) is 38.3 cm³/mol. The average Bonchev–Trinajstić information content (AvgIpc) is 1.83. The highest BCUT2D eigenvalue weighted by atomic mass is 16.2. The van der Waals surface area contributed by atoms with Gasteiger partial charge in [-0.15, -0.1) is 6.42 Å². The van der Waals surface area contributed by atoms with Crippen LogP contribution in [0.1, 0.15) is 20.8 Å². The number of rotatable bonds is 1. The topological polar surface area (TPSA) is 34.1 Å². The van der Waals surface area contributed by atoms with Crippen molar-refractivity contribution in [3.8, 4) is 12.3 Å². The summed E-state index contributed by atoms with van der Waals surface area (Å²) in [6.45, 7) is 4.97. The maximum Gasteiger partial charge on any atom is 0.271 e. The third kappa shape index (κ3) is 2.02. The van der Waals surface area contributed by atoms with Gasteiger partial charge in [0.1, 0.15) is 0 Å². The molecule has 0 aromatic carbocycles. The van der Waals surface area contributed by atoms with Crippen LogP contribution in [0.25, 0.3) is 0 Å². The van der Waals surface area contributed by atoms with E-state index in [9.17, 15) is 9.59 Å². The van der Waals surface area contributed by atoms with E-state index in [1.54, 1.807) is 26.7 Å². The van der Waals surface area contributed by atoms with Crippen LogP contribution < -0.4 is 0 Å². The SMILES string of the molecule is C#CC(=O)C(=O)C(C)(C)C. The fourth-order valence-corrected chi connectivity index (χ4v) is 0.406. The summed E-state index contributed by atoms with van der Waals surface area (Å²) in [6, 6.07) is 0. The number of terminal acetylenes is 1. The molecule has 0 unspecified atom stereocenters. The fraction of sp³-hybridized carbons (Fsp3) is 0.500. The van der Waals surface area contributed by atoms with Gasteiger partial charge in [-0.3, -0.25) is 9.59 Å². The van der Waals surface area contributed by atoms with E-state index >= 15 is 0 Å². The fourth-order valence-electron chi connectivity index (χ4n) is 0.406. The summed E-state index contributed by atoms with van der Waals surface area (Å²) in [7, 11) is 0. The molecular weight excluding hydrogens is 128 g/mol. The molecule has 0 amide bonds. The second-order valence-electron chi connectivity index (χ2n) is 3.05. The zero-order valence-corrected chi connectivity index (χ0v) is 6.39. The Balaban J connectivity index is 4.43. The maximum atomic E-state index is 10.9. The van der Waals surface area contributed by atoms with Gasteiger partial charge in [-0.25, -0.2) is 0 Å². The number of carbonyl (C=O) groups excluding carboxylic acids is 2. The Morgan fingerprint density at radius 3 is 1.80 bits per heavy atom. The second-order valence-corrected chi connectivity index (χ2v) is 3.05. The van der Waals surface area contributed by atoms with Crippen LogP contribution in [0.15, 0.2) is 0 Å². The summed E-state index contributed by atoms with van der Waals surface area (Å²) < 4.78 is 0. The van der Waals surface area contributed by atoms with Crippen molar-refractivity contribution >= 4 is 11.6 Å². The molecule has 0 heterocycles. The van der Waals surface area contributed by atoms with Crippen LogP contribution in [0.3, 0.4) is 0 Å². The smallest absolute Gasteiger partial charge is 0.271 e. The molecule has 0 saturated heterocycles. The van der Waals surface area contributed by atoms with Crippen molar-refractivity contribution in [1.82, 2.24) is 0 Å². The molecule has 0 aromatic heterocycles. The first-order valence-corrected chi connectivity index (χ1v) is 2.95. The van der Waals surface area contributed by atoms with Crippen molar-refractivity contribution in [1.29, 1.82) is 0 Å². The van der Waals surface area contributed by atoms with Gasteiger partial charge >= 0.3 is 0 Å². The number of Topliss-reactive ketones (excluding diaryl/α,β-unsaturated/α-hetero) is 2. The Labute approximate surface area is 60.6 Å². The van der Waals surface area contributed by atoms with Crippen LogP contribution in [-0.4, -0.2) is 11.6 Å². The number of ketones is 2. The number of hydrogen-bond donors (Lipinski definition) is 0. The van der Waals surface area contributed by atoms with Crippen molar-refractivity contribution in [3.63, 3.8) is 0 Å². The van der Waals surface area contributed by atoms with E-state index in [0.717, 1.165) is 0 Å². The molecule has 0 fully saturated rings. The van der Waals surface area contributed by atoms with Gasteiger partial charge in [0.25, 0.3) is 5.78 Å². The largest absolute Gasteiger partial charge is 0.289 e. The Morgan fingerprint density at radius 2 is 1.70 bits per heavy atom. The van der Waals surface area contributed by atoms with E-state index in [1.807, 2.05) is 0 Å². The van der Waals surface area contributed by atoms with Crippen LogP contribution >= 0.6 is 0 Å². The van der Waals surface area contributed by atoms with Crippen molar-refractivity contribution in [2.75, 3.05) is 0 Å². The molecule has 0 saturated carbocycles. The molecule has 0 spiro atoms. The number of hydrogen-bond acceptors (Lipinski definition) is 2. The monoisotopic (exact) mass is 138 g/mol. The summed E-state index contributed by atoms with van der Waals surface area (Å²) in [5.41, 5.74) is -0.649. The summed E-state index contributed by atoms with van der Waals surface area (Å²) in [4.78, 5) is 21.5. The van der Waals surface area contributed by atoms with E-state index in [-0.39, 0.29) is 0 Å². The average molecular weight is 138 g/mol. The summed E-state index contributed by atoms with van der Waals surface area (Å²) >= 11 is 0. The third-order valence-electron chi connectivity index (χ3n) is 1.02. The maximum absolute atomic E-state index is 10.9. The normalized spacial score (nSPS) is 10.2. The van der Waals surface area contributed by atoms with Crippen molar-refractivity contribution in [2.45, 2.75) is 20.8 Å². The highest BCUT2D eigenvalue weighted by Crippen LogP contribution is 2.14. The van der Waals surface area contributed by atoms with Crippen LogP contribution in [0.5, 0.6) is 0 Å². The lowest BCUT2D eigenvalue weighted by atomic mass is 9.89. The minimum Gasteiger partial charge on any atom is -0.289 e. The molecule has 2 nitrogen and oxygen atoms in total. The van der Waals surface area contributed by atoms with E-state index in [0.29, 0.717) is 0 Å². The zero-order valence-electron chi connectivity index (χ0n) is 6.39. The van der Waals surface area contributed by atoms with Crippen LogP contribution in [0.2, 0.25) is 0 Å². The Hall–Kier alpha value is -1.10. The molecule has 10 heavy (non-hydrogen) atoms. The van der Waals surface area contributed by atoms with Crippen molar-refractivity contribution in [2.24, 2.45) is 5.41 Å². The van der Waals surface area contributed by atoms with Gasteiger partial charge in [-0.2, -0.15) is 0 Å². The lowest BCUT2D eigenvalue weighted by Crippen LogP contribution is -2.27. The summed E-state index contributed by atoms with van der Waals surface area (Å²) in [6.07, 6.45) is 4.75. The highest BCUT2D eigenvalue weighted by Gasteiger charge is 2.26. The lowest BCUT2D eigenvalue weighted by molar-refractivity contribution is -0.138. The minimum atomic E-state index is -0.743. The Bertz CT molecular complexity index is 200. The number of carbonyl (C=O) groups is 2. The quantitative estimate of drug-likeness (QED) is 0.305. The minimum absolute atomic E-state index is 0.505. The highest BCUT2D eigenvalue weighted by molar-refractivity contribution is 6.45. The molecule has 0 aliphatic heterocycles. The van der Waals surface area contributed by atoms with E-state index in [4.69, 9.17) is 6.42 Å². The molecule has 0 aliphatic rings. The molecule has 0 bridgehead atoms. The molecule has 0 N–H and O–H groups in total. The Kier molecular flexibility index (Phi) is 2.36. The first kappa shape index (κ1) is 8.90. The van der Waals surface area contributed by atoms with E-state index < -0.39 is 17.0 Å². The van der Waals surface area contributed by atoms with Crippen LogP contribution in [0, 0.1) is 17.8 Å². The van der Waals surface area contributed by atoms with Gasteiger partial charge in [-0.1, -0.05) is 20.8 Å². The molecule has 2 heteroatoms. The molecule has 54 valence electrons. The molecule has 0 aromatic rings. The zero-order chi connectivity index (χ0) is 8.36. The summed E-state index contributed by atoms with van der Waals surface area (Å²) in [5, 5.41) is 0. The Morgan fingerprint density at radius 1 is 1.30 bits per heavy atom. The molecule has 0 radical (unpaired) electrons. The van der Waals surface area contributed by atoms with Gasteiger partial charge in [0.05, 0.1) is 0 Å². The van der Waals surface area contributed by atoms with Crippen molar-refractivity contribution < 1.29 is 9.59 Å². The van der Waals surface area contributed by atoms with Crippen LogP contribution in [-0.2, 0) is 9.59 Å². The van der Waals surface area contributed by atoms with Gasteiger partial charge < -0.3 is 0 Å². The molecule has 0 rings (SSSR count). The first-order valence-electron chi connectivity index (χ1n) is 2.95. The molecular formula is C8H10O2. The van der Waals surface area contributed by atoms with Gasteiger partial charge in [-0.05, 0) is 5.92 Å². The van der Waals surface area contributed by atoms with E-state index in [2.05, 4.69) is 0 Å². The van der Waals surface area contributed by atoms with Crippen molar-refractivity contribution in [3.05, 3.63) is 0 Å². The first-order chi connectivity index (χ1) is 4.39. The standard InChI is InChI=1S/C8H10O2/c1-5-6(9)7(10)8(2,3)4/h1H,2-4H3. The molecule has 0 aliphatic carbocycles. The van der Waals surface area contributed by atoms with Gasteiger partial charge in [0.15, 0.2) is 0 Å². The summed E-state index contributed by atoms with van der Waals surface area (Å²) in [5.74, 6) is 0.535.